The largest absolute Gasteiger partial charge is 0.494 e. The summed E-state index contributed by atoms with van der Waals surface area (Å²) in [6.07, 6.45) is 1.89. The molecule has 0 bridgehead atoms. The molecule has 0 unspecified atom stereocenters. The molecule has 5 nitrogen and oxygen atoms in total. The zero-order valence-corrected chi connectivity index (χ0v) is 19.6. The van der Waals surface area contributed by atoms with E-state index in [2.05, 4.69) is 6.07 Å². The number of hydrogen-bond donors (Lipinski definition) is 0. The van der Waals surface area contributed by atoms with E-state index in [4.69, 9.17) is 4.74 Å². The minimum Gasteiger partial charge on any atom is -0.494 e. The minimum absolute atomic E-state index is 0.244. The molecular formula is C29H28N2O3. The van der Waals surface area contributed by atoms with Gasteiger partial charge in [-0.3, -0.25) is 14.5 Å². The molecule has 0 saturated carbocycles. The SMILES string of the molecule is CCOc1ccc(C2=C(N3CCCc4ccccc43)C(=O)N(Cc3ccc(C)cc3)C2=O)cc1. The Morgan fingerprint density at radius 3 is 2.35 bits per heavy atom. The van der Waals surface area contributed by atoms with Gasteiger partial charge in [-0.15, -0.1) is 0 Å². The van der Waals surface area contributed by atoms with E-state index < -0.39 is 0 Å². The van der Waals surface area contributed by atoms with Crippen molar-refractivity contribution in [2.45, 2.75) is 33.2 Å². The number of para-hydroxylation sites is 1. The molecule has 3 aromatic carbocycles. The van der Waals surface area contributed by atoms with E-state index in [0.717, 1.165) is 41.0 Å². The van der Waals surface area contributed by atoms with Crippen LogP contribution in [0.4, 0.5) is 5.69 Å². The van der Waals surface area contributed by atoms with E-state index in [1.165, 1.54) is 10.5 Å². The Labute approximate surface area is 200 Å². The van der Waals surface area contributed by atoms with Crippen molar-refractivity contribution in [1.29, 1.82) is 0 Å². The van der Waals surface area contributed by atoms with Gasteiger partial charge in [0, 0.05) is 12.2 Å². The first-order valence-electron chi connectivity index (χ1n) is 11.8. The molecular weight excluding hydrogens is 424 g/mol. The average Bonchev–Trinajstić information content (AvgIpc) is 3.10. The van der Waals surface area contributed by atoms with E-state index in [1.807, 2.05) is 85.5 Å². The molecule has 5 rings (SSSR count). The van der Waals surface area contributed by atoms with Crippen molar-refractivity contribution in [2.75, 3.05) is 18.1 Å². The van der Waals surface area contributed by atoms with Crippen molar-refractivity contribution in [3.8, 4) is 5.75 Å². The highest BCUT2D eigenvalue weighted by atomic mass is 16.5. The maximum Gasteiger partial charge on any atom is 0.278 e. The van der Waals surface area contributed by atoms with Crippen LogP contribution in [-0.4, -0.2) is 29.9 Å². The molecule has 0 aliphatic carbocycles. The Kier molecular flexibility index (Phi) is 5.93. The fraction of sp³-hybridized carbons (Fsp3) is 0.241. The second-order valence-corrected chi connectivity index (χ2v) is 8.75. The Morgan fingerprint density at radius 2 is 1.62 bits per heavy atom. The topological polar surface area (TPSA) is 49.9 Å². The molecule has 3 aromatic rings. The number of carbonyl (C=O) groups excluding carboxylic acids is 2. The van der Waals surface area contributed by atoms with Gasteiger partial charge < -0.3 is 9.64 Å². The standard InChI is InChI=1S/C29H28N2O3/c1-3-34-24-16-14-23(15-17-24)26-27(30-18-6-8-22-7-4-5-9-25(22)30)29(33)31(28(26)32)19-21-12-10-20(2)11-13-21/h4-5,7,9-17H,3,6,8,18-19H2,1-2H3. The molecule has 0 radical (unpaired) electrons. The zero-order valence-electron chi connectivity index (χ0n) is 19.6. The minimum atomic E-state index is -0.257. The van der Waals surface area contributed by atoms with Crippen molar-refractivity contribution in [1.82, 2.24) is 4.90 Å². The molecule has 2 aliphatic heterocycles. The highest BCUT2D eigenvalue weighted by Crippen LogP contribution is 2.38. The molecule has 2 aliphatic rings. The summed E-state index contributed by atoms with van der Waals surface area (Å²) in [4.78, 5) is 31.0. The number of benzene rings is 3. The number of ether oxygens (including phenoxy) is 1. The lowest BCUT2D eigenvalue weighted by Crippen LogP contribution is -2.36. The number of aryl methyl sites for hydroxylation is 2. The number of nitrogens with zero attached hydrogens (tertiary/aromatic N) is 2. The number of fused-ring (bicyclic) bond motifs is 1. The van der Waals surface area contributed by atoms with Crippen LogP contribution in [0.1, 0.15) is 35.6 Å². The maximum absolute atomic E-state index is 13.8. The lowest BCUT2D eigenvalue weighted by Gasteiger charge is -2.32. The molecule has 0 atom stereocenters. The van der Waals surface area contributed by atoms with Crippen LogP contribution in [0.5, 0.6) is 5.75 Å². The van der Waals surface area contributed by atoms with Crippen molar-refractivity contribution in [3.63, 3.8) is 0 Å². The summed E-state index contributed by atoms with van der Waals surface area (Å²) in [6.45, 7) is 5.47. The lowest BCUT2D eigenvalue weighted by atomic mass is 9.98. The molecule has 0 N–H and O–H groups in total. The maximum atomic E-state index is 13.8. The van der Waals surface area contributed by atoms with Crippen molar-refractivity contribution in [2.24, 2.45) is 0 Å². The summed E-state index contributed by atoms with van der Waals surface area (Å²) in [5.41, 5.74) is 5.92. The normalized spacial score (nSPS) is 15.7. The van der Waals surface area contributed by atoms with Crippen LogP contribution < -0.4 is 9.64 Å². The van der Waals surface area contributed by atoms with Gasteiger partial charge in [0.15, 0.2) is 0 Å². The van der Waals surface area contributed by atoms with Crippen LogP contribution in [0.3, 0.4) is 0 Å². The number of amides is 2. The predicted molar refractivity (Wildman–Crippen MR) is 133 cm³/mol. The first kappa shape index (κ1) is 22.0. The molecule has 172 valence electrons. The first-order chi connectivity index (χ1) is 16.6. The van der Waals surface area contributed by atoms with E-state index in [1.54, 1.807) is 0 Å². The van der Waals surface area contributed by atoms with E-state index >= 15 is 0 Å². The fourth-order valence-corrected chi connectivity index (χ4v) is 4.74. The number of rotatable bonds is 6. The van der Waals surface area contributed by atoms with E-state index in [0.29, 0.717) is 24.4 Å². The Balaban J connectivity index is 1.59. The van der Waals surface area contributed by atoms with Gasteiger partial charge in [0.05, 0.1) is 18.7 Å². The van der Waals surface area contributed by atoms with Gasteiger partial charge in [-0.05, 0) is 61.6 Å². The lowest BCUT2D eigenvalue weighted by molar-refractivity contribution is -0.137. The molecule has 0 fully saturated rings. The Hall–Kier alpha value is -3.86. The molecule has 34 heavy (non-hydrogen) atoms. The van der Waals surface area contributed by atoms with Gasteiger partial charge in [-0.1, -0.05) is 60.2 Å². The third-order valence-corrected chi connectivity index (χ3v) is 6.44. The van der Waals surface area contributed by atoms with Crippen molar-refractivity contribution < 1.29 is 14.3 Å². The number of anilines is 1. The van der Waals surface area contributed by atoms with Gasteiger partial charge in [-0.25, -0.2) is 0 Å². The first-order valence-corrected chi connectivity index (χ1v) is 11.8. The molecule has 0 spiro atoms. The molecule has 0 aromatic heterocycles. The fourth-order valence-electron chi connectivity index (χ4n) is 4.74. The van der Waals surface area contributed by atoms with Crippen LogP contribution in [0.25, 0.3) is 5.57 Å². The summed E-state index contributed by atoms with van der Waals surface area (Å²) in [6, 6.07) is 23.6. The van der Waals surface area contributed by atoms with Gasteiger partial charge in [0.1, 0.15) is 11.4 Å². The molecule has 5 heteroatoms. The predicted octanol–water partition coefficient (Wildman–Crippen LogP) is 5.13. The highest BCUT2D eigenvalue weighted by molar-refractivity contribution is 6.36. The molecule has 0 saturated heterocycles. The Bertz CT molecular complexity index is 1260. The van der Waals surface area contributed by atoms with Gasteiger partial charge >= 0.3 is 0 Å². The average molecular weight is 453 g/mol. The molecule has 2 amide bonds. The number of imide groups is 1. The summed E-state index contributed by atoms with van der Waals surface area (Å²) >= 11 is 0. The smallest absolute Gasteiger partial charge is 0.278 e. The quantitative estimate of drug-likeness (QED) is 0.487. The number of hydrogen-bond acceptors (Lipinski definition) is 4. The van der Waals surface area contributed by atoms with Crippen molar-refractivity contribution in [3.05, 3.63) is 101 Å². The van der Waals surface area contributed by atoms with Crippen LogP contribution in [0.15, 0.2) is 78.5 Å². The monoisotopic (exact) mass is 452 g/mol. The Morgan fingerprint density at radius 1 is 0.882 bits per heavy atom. The number of carbonyl (C=O) groups is 2. The molecule has 2 heterocycles. The summed E-state index contributed by atoms with van der Waals surface area (Å²) in [7, 11) is 0. The second-order valence-electron chi connectivity index (χ2n) is 8.75. The van der Waals surface area contributed by atoms with Crippen LogP contribution in [0.2, 0.25) is 0 Å². The third-order valence-electron chi connectivity index (χ3n) is 6.44. The summed E-state index contributed by atoms with van der Waals surface area (Å²) in [5, 5.41) is 0. The van der Waals surface area contributed by atoms with Gasteiger partial charge in [-0.2, -0.15) is 0 Å². The van der Waals surface area contributed by atoms with Crippen molar-refractivity contribution >= 4 is 23.1 Å². The van der Waals surface area contributed by atoms with E-state index in [-0.39, 0.29) is 18.4 Å². The zero-order chi connectivity index (χ0) is 23.7. The third kappa shape index (κ3) is 3.98. The summed E-state index contributed by atoms with van der Waals surface area (Å²) < 4.78 is 5.58. The highest BCUT2D eigenvalue weighted by Gasteiger charge is 2.42. The summed E-state index contributed by atoms with van der Waals surface area (Å²) in [5.74, 6) is 0.240. The second kappa shape index (κ2) is 9.18. The van der Waals surface area contributed by atoms with Crippen LogP contribution in [-0.2, 0) is 22.6 Å². The van der Waals surface area contributed by atoms with Gasteiger partial charge in [0.2, 0.25) is 0 Å². The van der Waals surface area contributed by atoms with Crippen LogP contribution in [0, 0.1) is 6.92 Å². The van der Waals surface area contributed by atoms with Crippen LogP contribution >= 0.6 is 0 Å². The van der Waals surface area contributed by atoms with Gasteiger partial charge in [0.25, 0.3) is 11.8 Å². The van der Waals surface area contributed by atoms with E-state index in [9.17, 15) is 9.59 Å².